The molecule has 1 atom stereocenters. The lowest BCUT2D eigenvalue weighted by atomic mass is 9.99. The standard InChI is InChI=1S/C20H27N3O4S.C19H20N2O3.C18H18F3N3O2S.C17H16N8O2/c1-15(2)13-28(26,27)16-7-10-22(11-8-16)19(24)9-12-23-14-21-18-6-4-3-5-17(18)20(23)25;1-2-19(23)21-9-7-15-4-5-17(11-16(15)12-21)20-18(22)6-3-14-8-10-24-13-14;19-18(20,21)15-6-7-17(22-12-15)24-10-8-16(13-24)23-27(25,26)11-9-14-4-2-1-3-5-14;26-16(9-23-12-20-13-3-1-2-4-14(13)23)19-7-8-24-17(27)6-5-15(22-24)25-11-18-10-21-25/h3-6,14-16H,7-13H2,1-2H3;3-6,8,10-11,13H,2,7,9,12H2,1H3,(H,20,22);1-7,9,11-12,16,23H,8,10,13H2;1-6,10-12H,7-9H2,(H,19,26)/b;6-3+;11-9+;. The Balaban J connectivity index is 0.000000151. The molecule has 10 aromatic rings. The number of aromatic nitrogens is 10. The number of amides is 4. The zero-order chi connectivity index (χ0) is 75.4. The molecule has 0 bridgehead atoms. The first-order chi connectivity index (χ1) is 50.9. The number of carbonyl (C=O) groups excluding carboxylic acids is 4. The predicted molar refractivity (Wildman–Crippen MR) is 395 cm³/mol. The number of anilines is 2. The van der Waals surface area contributed by atoms with Gasteiger partial charge in [0.1, 0.15) is 25.0 Å². The fraction of sp³-hybridized carbons (Fsp3) is 0.324. The van der Waals surface area contributed by atoms with Crippen LogP contribution in [0.25, 0.3) is 39.9 Å². The van der Waals surface area contributed by atoms with E-state index in [1.54, 1.807) is 81.8 Å². The Morgan fingerprint density at radius 1 is 0.726 bits per heavy atom. The molecule has 0 saturated carbocycles. The molecule has 0 aliphatic carbocycles. The summed E-state index contributed by atoms with van der Waals surface area (Å²) in [4.78, 5) is 94.6. The average Bonchev–Trinajstić information content (AvgIpc) is 0.890. The second-order valence-electron chi connectivity index (χ2n) is 25.6. The van der Waals surface area contributed by atoms with Gasteiger partial charge in [-0.15, -0.1) is 5.10 Å². The number of nitrogens with zero attached hydrogens (tertiary/aromatic N) is 13. The lowest BCUT2D eigenvalue weighted by molar-refractivity contribution is -0.138. The number of nitrogens with one attached hydrogen (secondary N) is 3. The zero-order valence-electron chi connectivity index (χ0n) is 58.5. The van der Waals surface area contributed by atoms with Gasteiger partial charge in [0.2, 0.25) is 33.7 Å². The fourth-order valence-electron chi connectivity index (χ4n) is 12.0. The maximum absolute atomic E-state index is 12.6. The topological polar surface area (TPSA) is 327 Å². The first kappa shape index (κ1) is 77.4. The Hall–Kier alpha value is -11.3. The molecule has 9 heterocycles. The molecule has 3 aliphatic rings. The highest BCUT2D eigenvalue weighted by Crippen LogP contribution is 2.31. The van der Waals surface area contributed by atoms with Crippen molar-refractivity contribution in [3.63, 3.8) is 0 Å². The van der Waals surface area contributed by atoms with Crippen LogP contribution < -0.4 is 31.4 Å². The van der Waals surface area contributed by atoms with Gasteiger partial charge in [0.25, 0.3) is 11.1 Å². The highest BCUT2D eigenvalue weighted by atomic mass is 32.2. The Morgan fingerprint density at radius 3 is 2.18 bits per heavy atom. The van der Waals surface area contributed by atoms with Gasteiger partial charge >= 0.3 is 6.18 Å². The third kappa shape index (κ3) is 21.9. The number of benzene rings is 4. The van der Waals surface area contributed by atoms with Crippen molar-refractivity contribution in [2.24, 2.45) is 5.92 Å². The second-order valence-corrected chi connectivity index (χ2v) is 29.5. The second kappa shape index (κ2) is 36.0. The number of para-hydroxylation sites is 3. The van der Waals surface area contributed by atoms with E-state index in [-0.39, 0.29) is 90.3 Å². The van der Waals surface area contributed by atoms with E-state index in [4.69, 9.17) is 4.42 Å². The van der Waals surface area contributed by atoms with Crippen molar-refractivity contribution in [3.8, 4) is 5.82 Å². The van der Waals surface area contributed by atoms with Crippen LogP contribution in [0.15, 0.2) is 197 Å². The van der Waals surface area contributed by atoms with Crippen LogP contribution in [0.1, 0.15) is 80.7 Å². The number of halogens is 3. The van der Waals surface area contributed by atoms with E-state index in [1.807, 2.05) is 92.4 Å². The predicted octanol–water partition coefficient (Wildman–Crippen LogP) is 8.33. The highest BCUT2D eigenvalue weighted by Gasteiger charge is 2.34. The van der Waals surface area contributed by atoms with Gasteiger partial charge in [0.15, 0.2) is 15.7 Å². The largest absolute Gasteiger partial charge is 0.472 e. The van der Waals surface area contributed by atoms with Crippen LogP contribution in [0, 0.1) is 5.92 Å². The quantitative estimate of drug-likeness (QED) is 0.0569. The van der Waals surface area contributed by atoms with Gasteiger partial charge < -0.3 is 34.3 Å². The van der Waals surface area contributed by atoms with Crippen LogP contribution in [-0.2, 0) is 77.8 Å². The lowest BCUT2D eigenvalue weighted by Gasteiger charge is -2.32. The number of pyridine rings is 1. The number of hydrogen-bond donors (Lipinski definition) is 3. The molecule has 0 spiro atoms. The maximum atomic E-state index is 12.6. The molecule has 3 aliphatic heterocycles. The SMILES string of the molecule is CC(C)CS(=O)(=O)C1CCN(C(=O)CCn2cnc3ccccc3c2=O)CC1.CCC(=O)N1CCc2ccc(NC(=O)/C=C/c3ccoc3)cc2C1.O=C(Cn1cnc2ccccc21)NCCn1nc(-n2cncn2)ccc1=O.O=S(=O)(/C=C/c1ccccc1)NC1CCN(c2ccc(C(F)(F)F)cn2)C1. The summed E-state index contributed by atoms with van der Waals surface area (Å²) in [6.07, 6.45) is 13.2. The zero-order valence-corrected chi connectivity index (χ0v) is 60.1. The number of likely N-dealkylation sites (tertiary alicyclic amines) is 1. The van der Waals surface area contributed by atoms with Gasteiger partial charge in [-0.1, -0.05) is 81.4 Å². The highest BCUT2D eigenvalue weighted by molar-refractivity contribution is 7.92. The number of furan rings is 1. The molecule has 106 heavy (non-hydrogen) atoms. The monoisotopic (exact) mass is 1490 g/mol. The third-order valence-electron chi connectivity index (χ3n) is 17.4. The molecule has 4 aromatic carbocycles. The molecule has 0 radical (unpaired) electrons. The molecular weight excluding hydrogens is 1410 g/mol. The number of fused-ring (bicyclic) bond motifs is 3. The summed E-state index contributed by atoms with van der Waals surface area (Å²) in [6, 6.07) is 36.4. The Kier molecular flexibility index (Phi) is 26.2. The van der Waals surface area contributed by atoms with E-state index in [0.717, 1.165) is 64.0 Å². The summed E-state index contributed by atoms with van der Waals surface area (Å²) in [5, 5.41) is 15.1. The third-order valence-corrected chi connectivity index (χ3v) is 21.2. The van der Waals surface area contributed by atoms with Gasteiger partial charge in [-0.3, -0.25) is 33.3 Å². The summed E-state index contributed by atoms with van der Waals surface area (Å²) in [5.41, 5.74) is 5.83. The number of rotatable bonds is 21. The van der Waals surface area contributed by atoms with Gasteiger partial charge in [0, 0.05) is 106 Å². The van der Waals surface area contributed by atoms with Crippen LogP contribution in [-0.4, -0.2) is 155 Å². The molecule has 4 amide bonds. The van der Waals surface area contributed by atoms with Crippen molar-refractivity contribution < 1.29 is 53.6 Å². The molecule has 3 N–H and O–H groups in total. The summed E-state index contributed by atoms with van der Waals surface area (Å²) >= 11 is 0. The molecule has 2 saturated heterocycles. The number of sulfone groups is 1. The summed E-state index contributed by atoms with van der Waals surface area (Å²) in [7, 11) is -6.73. The number of piperidine rings is 1. The van der Waals surface area contributed by atoms with Crippen LogP contribution in [0.3, 0.4) is 0 Å². The number of hydrogen-bond acceptors (Lipinski definition) is 18. The molecule has 2 fully saturated rings. The number of sulfonamides is 1. The van der Waals surface area contributed by atoms with Gasteiger partial charge in [-0.25, -0.2) is 50.9 Å². The van der Waals surface area contributed by atoms with Gasteiger partial charge in [0.05, 0.1) is 70.2 Å². The number of aryl methyl sites for hydroxylation is 1. The Labute approximate surface area is 609 Å². The van der Waals surface area contributed by atoms with Crippen molar-refractivity contribution in [1.82, 2.24) is 68.5 Å². The van der Waals surface area contributed by atoms with E-state index >= 15 is 0 Å². The number of imidazole rings is 1. The summed E-state index contributed by atoms with van der Waals surface area (Å²) in [5.74, 6) is 0.917. The average molecular weight is 1490 g/mol. The van der Waals surface area contributed by atoms with E-state index in [1.165, 1.54) is 62.8 Å². The molecular formula is C74H81F3N16O11S2. The normalized spacial score (nSPS) is 14.8. The fourth-order valence-corrected chi connectivity index (χ4v) is 15.2. The van der Waals surface area contributed by atoms with Crippen molar-refractivity contribution in [3.05, 3.63) is 231 Å². The minimum Gasteiger partial charge on any atom is -0.472 e. The summed E-state index contributed by atoms with van der Waals surface area (Å²) in [6.45, 7) is 9.75. The van der Waals surface area contributed by atoms with Crippen LogP contribution >= 0.6 is 0 Å². The molecule has 1 unspecified atom stereocenters. The first-order valence-corrected chi connectivity index (χ1v) is 37.6. The van der Waals surface area contributed by atoms with Crippen LogP contribution in [0.2, 0.25) is 0 Å². The van der Waals surface area contributed by atoms with Crippen molar-refractivity contribution in [1.29, 1.82) is 0 Å². The number of carbonyl (C=O) groups is 4. The van der Waals surface area contributed by atoms with Crippen molar-refractivity contribution in [2.75, 3.05) is 55.2 Å². The Bertz CT molecular complexity index is 5060. The smallest absolute Gasteiger partial charge is 0.417 e. The molecule has 556 valence electrons. The summed E-state index contributed by atoms with van der Waals surface area (Å²) < 4.78 is 100. The van der Waals surface area contributed by atoms with E-state index in [9.17, 15) is 58.8 Å². The van der Waals surface area contributed by atoms with E-state index < -0.39 is 31.6 Å². The first-order valence-electron chi connectivity index (χ1n) is 34.3. The van der Waals surface area contributed by atoms with Crippen molar-refractivity contribution >= 4 is 89.1 Å². The molecule has 27 nitrogen and oxygen atoms in total. The minimum atomic E-state index is -4.43. The lowest BCUT2D eigenvalue weighted by Crippen LogP contribution is -2.43. The van der Waals surface area contributed by atoms with Crippen molar-refractivity contribution in [2.45, 2.75) is 103 Å². The minimum absolute atomic E-state index is 0.0558. The molecule has 6 aromatic heterocycles. The van der Waals surface area contributed by atoms with Crippen LogP contribution in [0.4, 0.5) is 24.7 Å². The molecule has 32 heteroatoms. The van der Waals surface area contributed by atoms with E-state index in [2.05, 4.69) is 45.5 Å². The maximum Gasteiger partial charge on any atom is 0.417 e. The Morgan fingerprint density at radius 2 is 1.46 bits per heavy atom. The van der Waals surface area contributed by atoms with Gasteiger partial charge in [-0.05, 0) is 121 Å². The van der Waals surface area contributed by atoms with Crippen LogP contribution in [0.5, 0.6) is 0 Å². The van der Waals surface area contributed by atoms with Gasteiger partial charge in [-0.2, -0.15) is 18.3 Å². The molecule has 13 rings (SSSR count). The number of alkyl halides is 3. The van der Waals surface area contributed by atoms with E-state index in [0.29, 0.717) is 80.9 Å².